The van der Waals surface area contributed by atoms with Gasteiger partial charge in [0.05, 0.1) is 12.0 Å². The van der Waals surface area contributed by atoms with Crippen LogP contribution in [-0.4, -0.2) is 43.6 Å². The maximum absolute atomic E-state index is 12.8. The monoisotopic (exact) mass is 413 g/mol. The molecule has 3 rings (SSSR count). The van der Waals surface area contributed by atoms with E-state index in [2.05, 4.69) is 12.1 Å². The smallest absolute Gasteiger partial charge is 0.312 e. The lowest BCUT2D eigenvalue weighted by Gasteiger charge is -2.39. The molecule has 6 nitrogen and oxygen atoms in total. The number of hydrogen-bond donors (Lipinski definition) is 0. The lowest BCUT2D eigenvalue weighted by atomic mass is 9.74. The van der Waals surface area contributed by atoms with Gasteiger partial charge in [-0.25, -0.2) is 0 Å². The van der Waals surface area contributed by atoms with Crippen LogP contribution in [0.4, 0.5) is 0 Å². The average molecular weight is 414 g/mol. The summed E-state index contributed by atoms with van der Waals surface area (Å²) in [6.45, 7) is 3.58. The fourth-order valence-corrected chi connectivity index (χ4v) is 4.12. The molecule has 0 unspecified atom stereocenters. The first-order valence-corrected chi connectivity index (χ1v) is 10.7. The van der Waals surface area contributed by atoms with Gasteiger partial charge in [0, 0.05) is 20.2 Å². The van der Waals surface area contributed by atoms with Crippen LogP contribution in [-0.2, 0) is 27.3 Å². The van der Waals surface area contributed by atoms with Gasteiger partial charge in [-0.2, -0.15) is 0 Å². The standard InChI is InChI=1S/C24H31NO5/c1-3-29-23(27)24(13-7-10-19-8-5-4-6-9-19)14-16-25(17-15-24)22(26)21-12-11-20(30-21)18-28-2/h4-6,8-9,11-12H,3,7,10,13-18H2,1-2H3. The van der Waals surface area contributed by atoms with Crippen molar-refractivity contribution in [2.24, 2.45) is 5.41 Å². The maximum Gasteiger partial charge on any atom is 0.312 e. The lowest BCUT2D eigenvalue weighted by molar-refractivity contribution is -0.159. The summed E-state index contributed by atoms with van der Waals surface area (Å²) in [5.41, 5.74) is 0.750. The summed E-state index contributed by atoms with van der Waals surface area (Å²) in [6, 6.07) is 13.7. The Kier molecular flexibility index (Phi) is 7.69. The highest BCUT2D eigenvalue weighted by Crippen LogP contribution is 2.38. The largest absolute Gasteiger partial charge is 0.466 e. The van der Waals surface area contributed by atoms with E-state index in [0.717, 1.165) is 19.3 Å². The zero-order valence-corrected chi connectivity index (χ0v) is 17.9. The molecule has 0 bridgehead atoms. The fourth-order valence-electron chi connectivity index (χ4n) is 4.12. The number of nitrogens with zero attached hydrogens (tertiary/aromatic N) is 1. The van der Waals surface area contributed by atoms with E-state index in [1.165, 1.54) is 5.56 Å². The SMILES string of the molecule is CCOC(=O)C1(CCCc2ccccc2)CCN(C(=O)c2ccc(COC)o2)CC1. The molecule has 0 saturated carbocycles. The Morgan fingerprint density at radius 2 is 1.83 bits per heavy atom. The minimum Gasteiger partial charge on any atom is -0.466 e. The number of benzene rings is 1. The predicted molar refractivity (Wildman–Crippen MR) is 113 cm³/mol. The van der Waals surface area contributed by atoms with Crippen LogP contribution < -0.4 is 0 Å². The second-order valence-corrected chi connectivity index (χ2v) is 7.83. The maximum atomic E-state index is 12.8. The van der Waals surface area contributed by atoms with Gasteiger partial charge in [0.15, 0.2) is 5.76 Å². The van der Waals surface area contributed by atoms with Gasteiger partial charge >= 0.3 is 5.97 Å². The highest BCUT2D eigenvalue weighted by molar-refractivity contribution is 5.91. The molecule has 0 radical (unpaired) electrons. The number of furan rings is 1. The van der Waals surface area contributed by atoms with Crippen LogP contribution in [0.1, 0.15) is 54.5 Å². The molecule has 1 fully saturated rings. The van der Waals surface area contributed by atoms with Crippen LogP contribution in [0, 0.1) is 5.41 Å². The van der Waals surface area contributed by atoms with Crippen molar-refractivity contribution < 1.29 is 23.5 Å². The van der Waals surface area contributed by atoms with Gasteiger partial charge < -0.3 is 18.8 Å². The molecule has 2 heterocycles. The number of carbonyl (C=O) groups is 2. The Morgan fingerprint density at radius 3 is 2.50 bits per heavy atom. The number of rotatable bonds is 9. The molecule has 0 atom stereocenters. The average Bonchev–Trinajstić information content (AvgIpc) is 3.23. The highest BCUT2D eigenvalue weighted by atomic mass is 16.5. The zero-order valence-electron chi connectivity index (χ0n) is 17.9. The summed E-state index contributed by atoms with van der Waals surface area (Å²) < 4.78 is 16.0. The van der Waals surface area contributed by atoms with Crippen LogP contribution in [0.2, 0.25) is 0 Å². The Hall–Kier alpha value is -2.60. The molecular formula is C24H31NO5. The number of ether oxygens (including phenoxy) is 2. The number of aryl methyl sites for hydroxylation is 1. The number of likely N-dealkylation sites (tertiary alicyclic amines) is 1. The van der Waals surface area contributed by atoms with Gasteiger partial charge in [0.1, 0.15) is 12.4 Å². The van der Waals surface area contributed by atoms with Crippen molar-refractivity contribution in [1.29, 1.82) is 0 Å². The van der Waals surface area contributed by atoms with Gasteiger partial charge in [-0.15, -0.1) is 0 Å². The zero-order chi connectivity index (χ0) is 21.4. The number of methoxy groups -OCH3 is 1. The quantitative estimate of drug-likeness (QED) is 0.575. The molecule has 6 heteroatoms. The number of amides is 1. The molecule has 162 valence electrons. The van der Waals surface area contributed by atoms with Gasteiger partial charge in [-0.05, 0) is 56.7 Å². The molecule has 0 spiro atoms. The molecule has 1 amide bonds. The minimum absolute atomic E-state index is 0.134. The molecule has 1 aliphatic rings. The first kappa shape index (κ1) is 22.1. The first-order valence-electron chi connectivity index (χ1n) is 10.7. The van der Waals surface area contributed by atoms with Gasteiger partial charge in [0.2, 0.25) is 0 Å². The third kappa shape index (κ3) is 5.30. The van der Waals surface area contributed by atoms with E-state index in [-0.39, 0.29) is 11.9 Å². The molecule has 1 saturated heterocycles. The number of carbonyl (C=O) groups excluding carboxylic acids is 2. The van der Waals surface area contributed by atoms with E-state index in [9.17, 15) is 9.59 Å². The summed E-state index contributed by atoms with van der Waals surface area (Å²) in [6.07, 6.45) is 3.83. The summed E-state index contributed by atoms with van der Waals surface area (Å²) in [4.78, 5) is 27.4. The molecule has 0 aliphatic carbocycles. The molecule has 1 aromatic carbocycles. The van der Waals surface area contributed by atoms with Crippen LogP contribution in [0.15, 0.2) is 46.9 Å². The van der Waals surface area contributed by atoms with Crippen molar-refractivity contribution in [3.63, 3.8) is 0 Å². The molecule has 1 aromatic heterocycles. The second-order valence-electron chi connectivity index (χ2n) is 7.83. The van der Waals surface area contributed by atoms with E-state index < -0.39 is 5.41 Å². The van der Waals surface area contributed by atoms with Gasteiger partial charge in [-0.3, -0.25) is 9.59 Å². The normalized spacial score (nSPS) is 15.7. The Bertz CT molecular complexity index is 821. The Balaban J connectivity index is 1.61. The molecule has 1 aliphatic heterocycles. The first-order chi connectivity index (χ1) is 14.6. The van der Waals surface area contributed by atoms with Crippen LogP contribution >= 0.6 is 0 Å². The third-order valence-electron chi connectivity index (χ3n) is 5.84. The van der Waals surface area contributed by atoms with Crippen molar-refractivity contribution in [3.8, 4) is 0 Å². The molecular weight excluding hydrogens is 382 g/mol. The van der Waals surface area contributed by atoms with Crippen molar-refractivity contribution in [1.82, 2.24) is 4.90 Å². The minimum atomic E-state index is -0.522. The van der Waals surface area contributed by atoms with Gasteiger partial charge in [0.25, 0.3) is 5.91 Å². The highest BCUT2D eigenvalue weighted by Gasteiger charge is 2.43. The predicted octanol–water partition coefficient (Wildman–Crippen LogP) is 4.23. The summed E-state index contributed by atoms with van der Waals surface area (Å²) in [5.74, 6) is 0.666. The number of hydrogen-bond acceptors (Lipinski definition) is 5. The van der Waals surface area contributed by atoms with Crippen molar-refractivity contribution in [3.05, 3.63) is 59.5 Å². The number of esters is 1. The Morgan fingerprint density at radius 1 is 1.10 bits per heavy atom. The fraction of sp³-hybridized carbons (Fsp3) is 0.500. The third-order valence-corrected chi connectivity index (χ3v) is 5.84. The molecule has 0 N–H and O–H groups in total. The van der Waals surface area contributed by atoms with Crippen molar-refractivity contribution in [2.75, 3.05) is 26.8 Å². The molecule has 30 heavy (non-hydrogen) atoms. The van der Waals surface area contributed by atoms with Crippen LogP contribution in [0.25, 0.3) is 0 Å². The van der Waals surface area contributed by atoms with E-state index in [0.29, 0.717) is 50.7 Å². The van der Waals surface area contributed by atoms with E-state index in [1.54, 1.807) is 24.1 Å². The van der Waals surface area contributed by atoms with E-state index >= 15 is 0 Å². The number of piperidine rings is 1. The van der Waals surface area contributed by atoms with Crippen LogP contribution in [0.5, 0.6) is 0 Å². The van der Waals surface area contributed by atoms with Crippen molar-refractivity contribution >= 4 is 11.9 Å². The summed E-state index contributed by atoms with van der Waals surface area (Å²) >= 11 is 0. The van der Waals surface area contributed by atoms with E-state index in [4.69, 9.17) is 13.9 Å². The topological polar surface area (TPSA) is 69.0 Å². The second kappa shape index (κ2) is 10.4. The van der Waals surface area contributed by atoms with Crippen molar-refractivity contribution in [2.45, 2.75) is 45.6 Å². The van der Waals surface area contributed by atoms with Crippen LogP contribution in [0.3, 0.4) is 0 Å². The lowest BCUT2D eigenvalue weighted by Crippen LogP contribution is -2.47. The van der Waals surface area contributed by atoms with Gasteiger partial charge in [-0.1, -0.05) is 30.3 Å². The molecule has 2 aromatic rings. The summed E-state index contributed by atoms with van der Waals surface area (Å²) in [5, 5.41) is 0. The Labute approximate surface area is 178 Å². The summed E-state index contributed by atoms with van der Waals surface area (Å²) in [7, 11) is 1.58. The van der Waals surface area contributed by atoms with E-state index in [1.807, 2.05) is 25.1 Å².